The van der Waals surface area contributed by atoms with E-state index >= 15 is 0 Å². The average molecular weight is 305 g/mol. The second-order valence-corrected chi connectivity index (χ2v) is 5.12. The summed E-state index contributed by atoms with van der Waals surface area (Å²) in [6.07, 6.45) is 6.31. The van der Waals surface area contributed by atoms with E-state index in [9.17, 15) is 0 Å². The van der Waals surface area contributed by atoms with Crippen molar-refractivity contribution in [1.29, 1.82) is 0 Å². The first kappa shape index (κ1) is 15.0. The van der Waals surface area contributed by atoms with Gasteiger partial charge >= 0.3 is 0 Å². The molecule has 0 aliphatic carbocycles. The highest BCUT2D eigenvalue weighted by Gasteiger charge is 2.03. The van der Waals surface area contributed by atoms with E-state index in [4.69, 9.17) is 0 Å². The predicted molar refractivity (Wildman–Crippen MR) is 92.7 cm³/mol. The Morgan fingerprint density at radius 2 is 1.91 bits per heavy atom. The molecule has 23 heavy (non-hydrogen) atoms. The first-order chi connectivity index (χ1) is 11.3. The topological polar surface area (TPSA) is 62.7 Å². The molecule has 3 rings (SSSR count). The molecule has 3 aromatic rings. The maximum Gasteiger partial charge on any atom is 0.229 e. The molecule has 2 heterocycles. The van der Waals surface area contributed by atoms with E-state index in [1.165, 1.54) is 5.56 Å². The Labute approximate surface area is 135 Å². The van der Waals surface area contributed by atoms with Crippen LogP contribution in [0.2, 0.25) is 0 Å². The minimum absolute atomic E-state index is 0.585. The molecule has 0 bridgehead atoms. The second-order valence-electron chi connectivity index (χ2n) is 5.12. The fourth-order valence-electron chi connectivity index (χ4n) is 2.28. The van der Waals surface area contributed by atoms with Gasteiger partial charge in [0.1, 0.15) is 5.82 Å². The van der Waals surface area contributed by atoms with Crippen LogP contribution in [-0.2, 0) is 13.0 Å². The highest BCUT2D eigenvalue weighted by Crippen LogP contribution is 2.19. The summed E-state index contributed by atoms with van der Waals surface area (Å²) in [5.41, 5.74) is 3.39. The largest absolute Gasteiger partial charge is 0.366 e. The number of para-hydroxylation sites is 1. The number of pyridine rings is 1. The van der Waals surface area contributed by atoms with Gasteiger partial charge in [0.25, 0.3) is 0 Å². The monoisotopic (exact) mass is 305 g/mol. The molecule has 1 aromatic carbocycles. The second kappa shape index (κ2) is 7.35. The molecule has 2 aromatic heterocycles. The van der Waals surface area contributed by atoms with Crippen LogP contribution in [-0.4, -0.2) is 15.0 Å². The van der Waals surface area contributed by atoms with E-state index in [0.717, 1.165) is 23.5 Å². The van der Waals surface area contributed by atoms with Crippen LogP contribution in [0.25, 0.3) is 0 Å². The zero-order valence-corrected chi connectivity index (χ0v) is 13.0. The molecule has 0 saturated heterocycles. The smallest absolute Gasteiger partial charge is 0.229 e. The molecule has 0 unspecified atom stereocenters. The van der Waals surface area contributed by atoms with Crippen molar-refractivity contribution in [3.8, 4) is 0 Å². The van der Waals surface area contributed by atoms with Crippen LogP contribution in [0.1, 0.15) is 18.1 Å². The van der Waals surface area contributed by atoms with Crippen LogP contribution in [0.4, 0.5) is 17.5 Å². The molecule has 0 aliphatic rings. The van der Waals surface area contributed by atoms with Gasteiger partial charge in [0.15, 0.2) is 0 Å². The molecule has 2 N–H and O–H groups in total. The summed E-state index contributed by atoms with van der Waals surface area (Å²) >= 11 is 0. The molecule has 0 saturated carbocycles. The molecule has 0 aliphatic heterocycles. The quantitative estimate of drug-likeness (QED) is 0.725. The Morgan fingerprint density at radius 1 is 1.00 bits per heavy atom. The minimum Gasteiger partial charge on any atom is -0.366 e. The third-order valence-corrected chi connectivity index (χ3v) is 3.50. The number of rotatable bonds is 6. The lowest BCUT2D eigenvalue weighted by Crippen LogP contribution is -2.05. The normalized spacial score (nSPS) is 10.3. The van der Waals surface area contributed by atoms with E-state index in [1.807, 2.05) is 42.6 Å². The van der Waals surface area contributed by atoms with E-state index < -0.39 is 0 Å². The van der Waals surface area contributed by atoms with Gasteiger partial charge in [-0.2, -0.15) is 4.98 Å². The first-order valence-electron chi connectivity index (χ1n) is 7.66. The van der Waals surface area contributed by atoms with Gasteiger partial charge < -0.3 is 10.6 Å². The number of hydrogen-bond acceptors (Lipinski definition) is 5. The lowest BCUT2D eigenvalue weighted by molar-refractivity contribution is 1.06. The Hall–Kier alpha value is -2.95. The van der Waals surface area contributed by atoms with E-state index in [2.05, 4.69) is 38.6 Å². The van der Waals surface area contributed by atoms with Gasteiger partial charge in [-0.05, 0) is 35.7 Å². The zero-order chi connectivity index (χ0) is 15.9. The van der Waals surface area contributed by atoms with Gasteiger partial charge in [-0.15, -0.1) is 0 Å². The molecular formula is C18H19N5. The minimum atomic E-state index is 0.585. The lowest BCUT2D eigenvalue weighted by atomic mass is 10.1. The van der Waals surface area contributed by atoms with E-state index in [0.29, 0.717) is 12.5 Å². The fourth-order valence-corrected chi connectivity index (χ4v) is 2.28. The van der Waals surface area contributed by atoms with Crippen molar-refractivity contribution in [1.82, 2.24) is 15.0 Å². The van der Waals surface area contributed by atoms with Crippen molar-refractivity contribution in [3.63, 3.8) is 0 Å². The van der Waals surface area contributed by atoms with Gasteiger partial charge in [-0.25, -0.2) is 4.98 Å². The molecular weight excluding hydrogens is 286 g/mol. The summed E-state index contributed by atoms with van der Waals surface area (Å²) in [7, 11) is 0. The standard InChI is InChI=1S/C18H19N5/c1-2-15-7-3-4-8-16(15)22-18-20-11-9-17(23-18)21-13-14-6-5-10-19-12-14/h3-12H,2,13H2,1H3,(H2,20,21,22,23). The maximum absolute atomic E-state index is 4.50. The molecule has 0 spiro atoms. The van der Waals surface area contributed by atoms with Gasteiger partial charge in [-0.1, -0.05) is 31.2 Å². The number of aryl methyl sites for hydroxylation is 1. The van der Waals surface area contributed by atoms with Crippen molar-refractivity contribution in [2.45, 2.75) is 19.9 Å². The van der Waals surface area contributed by atoms with Crippen LogP contribution < -0.4 is 10.6 Å². The zero-order valence-electron chi connectivity index (χ0n) is 13.0. The van der Waals surface area contributed by atoms with Crippen molar-refractivity contribution in [2.24, 2.45) is 0 Å². The van der Waals surface area contributed by atoms with Crippen molar-refractivity contribution in [2.75, 3.05) is 10.6 Å². The molecule has 0 radical (unpaired) electrons. The van der Waals surface area contributed by atoms with Gasteiger partial charge in [0.05, 0.1) is 0 Å². The van der Waals surface area contributed by atoms with Gasteiger partial charge in [-0.3, -0.25) is 4.98 Å². The number of anilines is 3. The predicted octanol–water partition coefficient (Wildman–Crippen LogP) is 3.79. The summed E-state index contributed by atoms with van der Waals surface area (Å²) < 4.78 is 0. The average Bonchev–Trinajstić information content (AvgIpc) is 2.62. The van der Waals surface area contributed by atoms with E-state index in [-0.39, 0.29) is 0 Å². The van der Waals surface area contributed by atoms with Gasteiger partial charge in [0, 0.05) is 30.8 Å². The molecule has 0 fully saturated rings. The Bertz CT molecular complexity index is 758. The molecule has 5 heteroatoms. The highest BCUT2D eigenvalue weighted by atomic mass is 15.1. The molecule has 0 atom stereocenters. The lowest BCUT2D eigenvalue weighted by Gasteiger charge is -2.11. The summed E-state index contributed by atoms with van der Waals surface area (Å²) in [6, 6.07) is 14.0. The summed E-state index contributed by atoms with van der Waals surface area (Å²) in [5.74, 6) is 1.36. The molecule has 0 amide bonds. The van der Waals surface area contributed by atoms with Crippen molar-refractivity contribution in [3.05, 3.63) is 72.2 Å². The third kappa shape index (κ3) is 4.03. The van der Waals surface area contributed by atoms with Crippen molar-refractivity contribution < 1.29 is 0 Å². The summed E-state index contributed by atoms with van der Waals surface area (Å²) in [5, 5.41) is 6.57. The first-order valence-corrected chi connectivity index (χ1v) is 7.66. The highest BCUT2D eigenvalue weighted by molar-refractivity contribution is 5.59. The number of nitrogens with one attached hydrogen (secondary N) is 2. The summed E-state index contributed by atoms with van der Waals surface area (Å²) in [4.78, 5) is 12.9. The number of benzene rings is 1. The maximum atomic E-state index is 4.50. The Kier molecular flexibility index (Phi) is 4.79. The van der Waals surface area contributed by atoms with Crippen LogP contribution in [0, 0.1) is 0 Å². The summed E-state index contributed by atoms with van der Waals surface area (Å²) in [6.45, 7) is 2.81. The van der Waals surface area contributed by atoms with Crippen LogP contribution in [0.3, 0.4) is 0 Å². The Morgan fingerprint density at radius 3 is 2.74 bits per heavy atom. The van der Waals surface area contributed by atoms with Crippen LogP contribution in [0.15, 0.2) is 61.1 Å². The third-order valence-electron chi connectivity index (χ3n) is 3.50. The van der Waals surface area contributed by atoms with Crippen molar-refractivity contribution >= 4 is 17.5 Å². The number of hydrogen-bond donors (Lipinski definition) is 2. The molecule has 5 nitrogen and oxygen atoms in total. The van der Waals surface area contributed by atoms with Crippen LogP contribution in [0.5, 0.6) is 0 Å². The van der Waals surface area contributed by atoms with Crippen LogP contribution >= 0.6 is 0 Å². The Balaban J connectivity index is 1.70. The number of aromatic nitrogens is 3. The fraction of sp³-hybridized carbons (Fsp3) is 0.167. The van der Waals surface area contributed by atoms with Gasteiger partial charge in [0.2, 0.25) is 5.95 Å². The number of nitrogens with zero attached hydrogens (tertiary/aromatic N) is 3. The van der Waals surface area contributed by atoms with E-state index in [1.54, 1.807) is 12.4 Å². The molecule has 116 valence electrons. The SMILES string of the molecule is CCc1ccccc1Nc1nccc(NCc2cccnc2)n1.